The van der Waals surface area contributed by atoms with Crippen LogP contribution >= 0.6 is 0 Å². The number of H-pyrrole nitrogens is 1. The Labute approximate surface area is 145 Å². The molecule has 26 heavy (non-hydrogen) atoms. The van der Waals surface area contributed by atoms with E-state index in [2.05, 4.69) is 20.0 Å². The molecule has 2 aromatic carbocycles. The Morgan fingerprint density at radius 2 is 1.88 bits per heavy atom. The van der Waals surface area contributed by atoms with Gasteiger partial charge in [0.15, 0.2) is 4.90 Å². The van der Waals surface area contributed by atoms with Crippen LogP contribution in [0.2, 0.25) is 0 Å². The highest BCUT2D eigenvalue weighted by atomic mass is 32.2. The third-order valence-corrected chi connectivity index (χ3v) is 4.54. The lowest BCUT2D eigenvalue weighted by molar-refractivity contribution is 0.186. The number of aromatic nitrogens is 2. The number of carbonyl (C=O) groups excluding carboxylic acids is 1. The van der Waals surface area contributed by atoms with Crippen LogP contribution in [0.3, 0.4) is 0 Å². The Morgan fingerprint density at radius 1 is 1.19 bits per heavy atom. The van der Waals surface area contributed by atoms with Gasteiger partial charge in [-0.2, -0.15) is 8.42 Å². The molecule has 1 heterocycles. The van der Waals surface area contributed by atoms with E-state index in [9.17, 15) is 22.0 Å². The van der Waals surface area contributed by atoms with E-state index in [1.807, 2.05) is 0 Å². The minimum atomic E-state index is -4.74. The Balaban J connectivity index is 1.92. The molecule has 8 nitrogen and oxygen atoms in total. The second-order valence-corrected chi connectivity index (χ2v) is 6.45. The van der Waals surface area contributed by atoms with E-state index in [0.717, 1.165) is 18.2 Å². The summed E-state index contributed by atoms with van der Waals surface area (Å²) in [4.78, 5) is 16.7. The molecular weight excluding hydrogens is 372 g/mol. The van der Waals surface area contributed by atoms with Crippen molar-refractivity contribution in [2.24, 2.45) is 0 Å². The summed E-state index contributed by atoms with van der Waals surface area (Å²) in [6.45, 7) is 0. The first-order valence-corrected chi connectivity index (χ1v) is 8.44. The first kappa shape index (κ1) is 17.6. The van der Waals surface area contributed by atoms with Crippen molar-refractivity contribution in [2.75, 3.05) is 12.4 Å². The summed E-state index contributed by atoms with van der Waals surface area (Å²) in [7, 11) is -3.56. The van der Waals surface area contributed by atoms with Gasteiger partial charge in [-0.15, -0.1) is 0 Å². The lowest BCUT2D eigenvalue weighted by Gasteiger charge is -2.08. The summed E-state index contributed by atoms with van der Waals surface area (Å²) in [5.41, 5.74) is 0.705. The van der Waals surface area contributed by atoms with Crippen LogP contribution < -0.4 is 9.50 Å². The Kier molecular flexibility index (Phi) is 4.47. The smallest absolute Gasteiger partial charge is 0.413 e. The number of nitrogens with one attached hydrogen (secondary N) is 2. The Hall–Kier alpha value is -3.21. The quantitative estimate of drug-likeness (QED) is 0.671. The molecule has 11 heteroatoms. The van der Waals surface area contributed by atoms with Gasteiger partial charge in [0, 0.05) is 6.07 Å². The van der Waals surface area contributed by atoms with Gasteiger partial charge in [-0.25, -0.2) is 18.6 Å². The third-order valence-electron chi connectivity index (χ3n) is 3.24. The molecule has 3 aromatic rings. The van der Waals surface area contributed by atoms with E-state index in [-0.39, 0.29) is 17.2 Å². The first-order chi connectivity index (χ1) is 12.3. The molecule has 2 N–H and O–H groups in total. The minimum absolute atomic E-state index is 0.0620. The number of amides is 1. The van der Waals surface area contributed by atoms with Gasteiger partial charge < -0.3 is 13.9 Å². The molecule has 0 atom stereocenters. The summed E-state index contributed by atoms with van der Waals surface area (Å²) in [5.74, 6) is -2.69. The van der Waals surface area contributed by atoms with E-state index in [0.29, 0.717) is 5.52 Å². The highest BCUT2D eigenvalue weighted by Gasteiger charge is 2.26. The topological polar surface area (TPSA) is 110 Å². The molecule has 1 amide bonds. The van der Waals surface area contributed by atoms with E-state index < -0.39 is 32.7 Å². The number of anilines is 1. The summed E-state index contributed by atoms with van der Waals surface area (Å²) < 4.78 is 60.9. The van der Waals surface area contributed by atoms with Crippen LogP contribution in [-0.2, 0) is 14.9 Å². The van der Waals surface area contributed by atoms with Crippen LogP contribution in [0.25, 0.3) is 11.0 Å². The zero-order valence-corrected chi connectivity index (χ0v) is 13.9. The van der Waals surface area contributed by atoms with Crippen LogP contribution in [0, 0.1) is 11.6 Å². The molecule has 1 aromatic heterocycles. The van der Waals surface area contributed by atoms with Crippen molar-refractivity contribution in [2.45, 2.75) is 4.90 Å². The van der Waals surface area contributed by atoms with Crippen molar-refractivity contribution in [3.63, 3.8) is 0 Å². The van der Waals surface area contributed by atoms with Crippen LogP contribution in [0.1, 0.15) is 0 Å². The maximum Gasteiger partial charge on any atom is 0.413 e. The molecular formula is C15H11F2N3O5S. The van der Waals surface area contributed by atoms with Crippen molar-refractivity contribution in [1.82, 2.24) is 9.97 Å². The van der Waals surface area contributed by atoms with E-state index in [1.54, 1.807) is 0 Å². The van der Waals surface area contributed by atoms with E-state index in [4.69, 9.17) is 4.18 Å². The normalized spacial score (nSPS) is 11.3. The number of benzene rings is 2. The van der Waals surface area contributed by atoms with Crippen LogP contribution in [-0.4, -0.2) is 31.6 Å². The van der Waals surface area contributed by atoms with Crippen molar-refractivity contribution in [3.05, 3.63) is 48.0 Å². The van der Waals surface area contributed by atoms with Crippen molar-refractivity contribution >= 4 is 33.2 Å². The van der Waals surface area contributed by atoms with Gasteiger partial charge in [0.1, 0.15) is 17.4 Å². The number of hydrogen-bond acceptors (Lipinski definition) is 6. The Bertz CT molecular complexity index is 1080. The molecule has 0 aliphatic heterocycles. The average molecular weight is 383 g/mol. The fourth-order valence-electron chi connectivity index (χ4n) is 2.13. The maximum absolute atomic E-state index is 13.7. The van der Waals surface area contributed by atoms with Gasteiger partial charge in [0.25, 0.3) is 0 Å². The average Bonchev–Trinajstić information content (AvgIpc) is 2.95. The summed E-state index contributed by atoms with van der Waals surface area (Å²) in [5, 5.41) is 2.30. The summed E-state index contributed by atoms with van der Waals surface area (Å²) >= 11 is 0. The monoisotopic (exact) mass is 383 g/mol. The lowest BCUT2D eigenvalue weighted by Crippen LogP contribution is -2.13. The third kappa shape index (κ3) is 3.42. The fourth-order valence-corrected chi connectivity index (χ4v) is 3.19. The van der Waals surface area contributed by atoms with Gasteiger partial charge in [-0.3, -0.25) is 5.32 Å². The van der Waals surface area contributed by atoms with Crippen molar-refractivity contribution in [1.29, 1.82) is 0 Å². The maximum atomic E-state index is 13.7. The zero-order valence-electron chi connectivity index (χ0n) is 13.1. The Morgan fingerprint density at radius 3 is 2.54 bits per heavy atom. The van der Waals surface area contributed by atoms with Crippen LogP contribution in [0.4, 0.5) is 19.5 Å². The number of halogens is 2. The number of rotatable bonds is 4. The number of carbonyl (C=O) groups is 1. The van der Waals surface area contributed by atoms with E-state index in [1.165, 1.54) is 25.3 Å². The number of ether oxygens (including phenoxy) is 1. The van der Waals surface area contributed by atoms with Gasteiger partial charge in [0.05, 0.1) is 18.1 Å². The van der Waals surface area contributed by atoms with Gasteiger partial charge in [0.2, 0.25) is 5.95 Å². The number of aromatic amines is 1. The zero-order chi connectivity index (χ0) is 18.9. The first-order valence-electron chi connectivity index (χ1n) is 7.03. The predicted octanol–water partition coefficient (Wildman–Crippen LogP) is 2.79. The second kappa shape index (κ2) is 6.59. The van der Waals surface area contributed by atoms with Crippen molar-refractivity contribution in [3.8, 4) is 5.75 Å². The highest BCUT2D eigenvalue weighted by Crippen LogP contribution is 2.26. The SMILES string of the molecule is COC(=O)Nc1nc2cc(OS(=O)(=O)c3c(F)cccc3F)ccc2[nH]1. The molecule has 136 valence electrons. The summed E-state index contributed by atoms with van der Waals surface area (Å²) in [6.07, 6.45) is -0.752. The predicted molar refractivity (Wildman–Crippen MR) is 86.3 cm³/mol. The molecule has 0 bridgehead atoms. The highest BCUT2D eigenvalue weighted by molar-refractivity contribution is 7.87. The largest absolute Gasteiger partial charge is 0.453 e. The molecule has 0 aliphatic carbocycles. The standard InChI is InChI=1S/C15H11F2N3O5S/c1-24-15(21)20-14-18-11-6-5-8(7-12(11)19-14)25-26(22,23)13-9(16)3-2-4-10(13)17/h2-7H,1H3,(H2,18,19,20,21). The molecule has 0 saturated carbocycles. The van der Waals surface area contributed by atoms with Gasteiger partial charge >= 0.3 is 16.2 Å². The molecule has 0 saturated heterocycles. The van der Waals surface area contributed by atoms with Crippen LogP contribution in [0.15, 0.2) is 41.3 Å². The number of nitrogens with zero attached hydrogens (tertiary/aromatic N) is 1. The molecule has 0 fully saturated rings. The fraction of sp³-hybridized carbons (Fsp3) is 0.0667. The number of imidazole rings is 1. The van der Waals surface area contributed by atoms with E-state index >= 15 is 0 Å². The molecule has 0 aliphatic rings. The molecule has 0 spiro atoms. The van der Waals surface area contributed by atoms with Crippen LogP contribution in [0.5, 0.6) is 5.75 Å². The molecule has 0 unspecified atom stereocenters. The van der Waals surface area contributed by atoms with Gasteiger partial charge in [-0.1, -0.05) is 6.07 Å². The number of fused-ring (bicyclic) bond motifs is 1. The second-order valence-electron chi connectivity index (χ2n) is 4.97. The lowest BCUT2D eigenvalue weighted by atomic mass is 10.3. The minimum Gasteiger partial charge on any atom is -0.453 e. The summed E-state index contributed by atoms with van der Waals surface area (Å²) in [6, 6.07) is 6.56. The number of methoxy groups -OCH3 is 1. The molecule has 0 radical (unpaired) electrons. The molecule has 3 rings (SSSR count). The van der Waals surface area contributed by atoms with Gasteiger partial charge in [-0.05, 0) is 24.3 Å². The van der Waals surface area contributed by atoms with Crippen molar-refractivity contribution < 1.29 is 30.9 Å². The number of hydrogen-bond donors (Lipinski definition) is 2.